The van der Waals surface area contributed by atoms with Gasteiger partial charge in [0.25, 0.3) is 0 Å². The maximum atomic E-state index is 10.9. The average molecular weight is 246 g/mol. The van der Waals surface area contributed by atoms with Crippen molar-refractivity contribution >= 4 is 11.8 Å². The summed E-state index contributed by atoms with van der Waals surface area (Å²) in [4.78, 5) is 21.1. The van der Waals surface area contributed by atoms with Crippen molar-refractivity contribution in [3.63, 3.8) is 0 Å². The first-order valence-electron chi connectivity index (χ1n) is 5.70. The van der Waals surface area contributed by atoms with Gasteiger partial charge in [0.15, 0.2) is 0 Å². The molecule has 0 aliphatic carbocycles. The van der Waals surface area contributed by atoms with E-state index in [0.29, 0.717) is 0 Å². The SMILES string of the molecule is C.CC(=O)C(C)C.CC(C)C(=O)OC(C)(C)C. The van der Waals surface area contributed by atoms with E-state index in [2.05, 4.69) is 0 Å². The van der Waals surface area contributed by atoms with Crippen molar-refractivity contribution in [3.8, 4) is 0 Å². The fourth-order valence-corrected chi connectivity index (χ4v) is 0.420. The summed E-state index contributed by atoms with van der Waals surface area (Å²) in [7, 11) is 0. The predicted molar refractivity (Wildman–Crippen MR) is 72.9 cm³/mol. The Labute approximate surface area is 107 Å². The lowest BCUT2D eigenvalue weighted by Gasteiger charge is -2.20. The van der Waals surface area contributed by atoms with Crippen LogP contribution in [0.25, 0.3) is 0 Å². The zero-order valence-electron chi connectivity index (χ0n) is 11.9. The third-order valence-corrected chi connectivity index (χ3v) is 1.69. The van der Waals surface area contributed by atoms with E-state index in [9.17, 15) is 9.59 Å². The molecule has 0 N–H and O–H groups in total. The Balaban J connectivity index is -0.000000244. The maximum absolute atomic E-state index is 10.9. The molecule has 0 unspecified atom stereocenters. The van der Waals surface area contributed by atoms with Crippen molar-refractivity contribution in [2.75, 3.05) is 0 Å². The summed E-state index contributed by atoms with van der Waals surface area (Å²) in [5.41, 5.74) is -0.346. The number of carbonyl (C=O) groups is 2. The van der Waals surface area contributed by atoms with Gasteiger partial charge in [-0.3, -0.25) is 9.59 Å². The van der Waals surface area contributed by atoms with Gasteiger partial charge in [0.05, 0.1) is 5.92 Å². The number of hydrogen-bond acceptors (Lipinski definition) is 3. The third-order valence-electron chi connectivity index (χ3n) is 1.69. The summed E-state index contributed by atoms with van der Waals surface area (Å²) in [5, 5.41) is 0. The molecule has 3 nitrogen and oxygen atoms in total. The highest BCUT2D eigenvalue weighted by Crippen LogP contribution is 2.10. The van der Waals surface area contributed by atoms with Gasteiger partial charge in [-0.05, 0) is 27.7 Å². The number of ketones is 1. The molecule has 0 spiro atoms. The summed E-state index contributed by atoms with van der Waals surface area (Å²) in [5.74, 6) is 0.312. The average Bonchev–Trinajstić information content (AvgIpc) is 2.01. The van der Waals surface area contributed by atoms with Crippen LogP contribution in [0, 0.1) is 11.8 Å². The van der Waals surface area contributed by atoms with Gasteiger partial charge in [-0.15, -0.1) is 0 Å². The monoisotopic (exact) mass is 246 g/mol. The van der Waals surface area contributed by atoms with E-state index in [-0.39, 0.29) is 36.6 Å². The van der Waals surface area contributed by atoms with Crippen LogP contribution >= 0.6 is 0 Å². The van der Waals surface area contributed by atoms with Crippen LogP contribution in [0.15, 0.2) is 0 Å². The van der Waals surface area contributed by atoms with E-state index in [4.69, 9.17) is 4.74 Å². The summed E-state index contributed by atoms with van der Waals surface area (Å²) in [6.07, 6.45) is 0. The van der Waals surface area contributed by atoms with E-state index < -0.39 is 0 Å². The minimum Gasteiger partial charge on any atom is -0.460 e. The minimum atomic E-state index is -0.346. The highest BCUT2D eigenvalue weighted by Gasteiger charge is 2.18. The number of hydrogen-bond donors (Lipinski definition) is 0. The molecule has 0 aromatic heterocycles. The number of esters is 1. The van der Waals surface area contributed by atoms with Crippen LogP contribution in [0.4, 0.5) is 0 Å². The molecule has 104 valence electrons. The molecule has 0 aromatic carbocycles. The van der Waals surface area contributed by atoms with Crippen LogP contribution < -0.4 is 0 Å². The van der Waals surface area contributed by atoms with Gasteiger partial charge in [-0.25, -0.2) is 0 Å². The Bertz CT molecular complexity index is 222. The topological polar surface area (TPSA) is 43.4 Å². The summed E-state index contributed by atoms with van der Waals surface area (Å²) in [6.45, 7) is 14.6. The maximum Gasteiger partial charge on any atom is 0.308 e. The van der Waals surface area contributed by atoms with Crippen LogP contribution in [-0.2, 0) is 14.3 Å². The summed E-state index contributed by atoms with van der Waals surface area (Å²) >= 11 is 0. The quantitative estimate of drug-likeness (QED) is 0.695. The largest absolute Gasteiger partial charge is 0.460 e. The highest BCUT2D eigenvalue weighted by molar-refractivity contribution is 5.77. The number of ether oxygens (including phenoxy) is 1. The Morgan fingerprint density at radius 2 is 1.24 bits per heavy atom. The zero-order valence-corrected chi connectivity index (χ0v) is 11.9. The van der Waals surface area contributed by atoms with Crippen molar-refractivity contribution in [2.24, 2.45) is 11.8 Å². The van der Waals surface area contributed by atoms with Crippen molar-refractivity contribution in [3.05, 3.63) is 0 Å². The first kappa shape index (κ1) is 21.4. The van der Waals surface area contributed by atoms with E-state index in [0.717, 1.165) is 0 Å². The first-order chi connectivity index (χ1) is 6.97. The number of Topliss-reactive ketones (excluding diaryl/α,β-unsaturated/α-hetero) is 1. The van der Waals surface area contributed by atoms with Crippen molar-refractivity contribution in [1.29, 1.82) is 0 Å². The van der Waals surface area contributed by atoms with E-state index in [1.807, 2.05) is 48.5 Å². The van der Waals surface area contributed by atoms with Crippen LogP contribution in [0.1, 0.15) is 62.8 Å². The molecule has 0 aliphatic rings. The molecule has 17 heavy (non-hydrogen) atoms. The van der Waals surface area contributed by atoms with Gasteiger partial charge in [-0.1, -0.05) is 35.1 Å². The van der Waals surface area contributed by atoms with Crippen molar-refractivity contribution < 1.29 is 14.3 Å². The summed E-state index contributed by atoms with van der Waals surface area (Å²) < 4.78 is 5.06. The smallest absolute Gasteiger partial charge is 0.308 e. The Morgan fingerprint density at radius 1 is 0.941 bits per heavy atom. The molecule has 0 heterocycles. The molecule has 0 saturated heterocycles. The zero-order chi connectivity index (χ0) is 13.5. The molecule has 0 fully saturated rings. The second kappa shape index (κ2) is 9.20. The number of carbonyl (C=O) groups excluding carboxylic acids is 2. The van der Waals surface area contributed by atoms with Crippen molar-refractivity contribution in [1.82, 2.24) is 0 Å². The highest BCUT2D eigenvalue weighted by atomic mass is 16.6. The molecular weight excluding hydrogens is 216 g/mol. The fraction of sp³-hybridized carbons (Fsp3) is 0.857. The minimum absolute atomic E-state index is 0. The molecule has 0 rings (SSSR count). The van der Waals surface area contributed by atoms with E-state index in [1.165, 1.54) is 0 Å². The molecule has 0 amide bonds. The fourth-order valence-electron chi connectivity index (χ4n) is 0.420. The molecule has 0 bridgehead atoms. The lowest BCUT2D eigenvalue weighted by atomic mass is 10.1. The molecular formula is C14H30O3. The van der Waals surface area contributed by atoms with Gasteiger partial charge < -0.3 is 4.74 Å². The number of rotatable bonds is 2. The van der Waals surface area contributed by atoms with Gasteiger partial charge in [0.2, 0.25) is 0 Å². The van der Waals surface area contributed by atoms with Crippen LogP contribution in [0.3, 0.4) is 0 Å². The second-order valence-corrected chi connectivity index (χ2v) is 5.45. The van der Waals surface area contributed by atoms with Crippen LogP contribution in [0.2, 0.25) is 0 Å². The normalized spacial score (nSPS) is 10.2. The molecule has 0 radical (unpaired) electrons. The Hall–Kier alpha value is -0.860. The molecule has 3 heteroatoms. The molecule has 0 aliphatic heterocycles. The van der Waals surface area contributed by atoms with Crippen LogP contribution in [0.5, 0.6) is 0 Å². The van der Waals surface area contributed by atoms with Gasteiger partial charge >= 0.3 is 5.97 Å². The molecule has 0 atom stereocenters. The van der Waals surface area contributed by atoms with Crippen LogP contribution in [-0.4, -0.2) is 17.4 Å². The predicted octanol–water partition coefficient (Wildman–Crippen LogP) is 3.85. The Kier molecular flexibility index (Phi) is 11.6. The summed E-state index contributed by atoms with van der Waals surface area (Å²) in [6, 6.07) is 0. The molecule has 0 saturated carbocycles. The van der Waals surface area contributed by atoms with Crippen molar-refractivity contribution in [2.45, 2.75) is 68.4 Å². The standard InChI is InChI=1S/C8H16O2.C5H10O.CH4/c1-6(2)7(9)10-8(3,4)5;1-4(2)5(3)6;/h6H,1-5H3;4H,1-3H3;1H4. The molecule has 0 aromatic rings. The van der Waals surface area contributed by atoms with E-state index >= 15 is 0 Å². The van der Waals surface area contributed by atoms with Gasteiger partial charge in [-0.2, -0.15) is 0 Å². The van der Waals surface area contributed by atoms with Gasteiger partial charge in [0, 0.05) is 5.92 Å². The van der Waals surface area contributed by atoms with Gasteiger partial charge in [0.1, 0.15) is 11.4 Å². The Morgan fingerprint density at radius 3 is 1.29 bits per heavy atom. The second-order valence-electron chi connectivity index (χ2n) is 5.45. The third kappa shape index (κ3) is 17.7. The van der Waals surface area contributed by atoms with E-state index in [1.54, 1.807) is 6.92 Å². The lowest BCUT2D eigenvalue weighted by molar-refractivity contribution is -0.158. The lowest BCUT2D eigenvalue weighted by Crippen LogP contribution is -2.26. The first-order valence-corrected chi connectivity index (χ1v) is 5.70.